The van der Waals surface area contributed by atoms with Crippen LogP contribution in [-0.4, -0.2) is 38.2 Å². The number of carbonyl (C=O) groups is 3. The lowest BCUT2D eigenvalue weighted by Crippen LogP contribution is -2.29. The second kappa shape index (κ2) is 7.69. The van der Waals surface area contributed by atoms with Crippen LogP contribution in [0.5, 0.6) is 0 Å². The summed E-state index contributed by atoms with van der Waals surface area (Å²) in [6, 6.07) is 11.3. The van der Waals surface area contributed by atoms with Gasteiger partial charge in [0.2, 0.25) is 10.0 Å². The van der Waals surface area contributed by atoms with E-state index in [1.54, 1.807) is 0 Å². The Kier molecular flexibility index (Phi) is 5.63. The van der Waals surface area contributed by atoms with Crippen molar-refractivity contribution < 1.29 is 27.9 Å². The fraction of sp³-hybridized carbons (Fsp3) is 0.0625. The van der Waals surface area contributed by atoms with Gasteiger partial charge in [0, 0.05) is 16.8 Å². The van der Waals surface area contributed by atoms with Crippen LogP contribution in [-0.2, 0) is 14.8 Å². The zero-order chi connectivity index (χ0) is 18.4. The highest BCUT2D eigenvalue weighted by molar-refractivity contribution is 7.89. The molecule has 0 unspecified atom stereocenters. The summed E-state index contributed by atoms with van der Waals surface area (Å²) in [5.74, 6) is -1.72. The molecule has 0 aromatic heterocycles. The fourth-order valence-corrected chi connectivity index (χ4v) is 2.85. The number of rotatable bonds is 7. The van der Waals surface area contributed by atoms with Crippen molar-refractivity contribution in [3.8, 4) is 0 Å². The second-order valence-corrected chi connectivity index (χ2v) is 6.70. The number of hydrogen-bond donors (Lipinski definition) is 3. The molecule has 0 spiro atoms. The van der Waals surface area contributed by atoms with Gasteiger partial charge in [-0.25, -0.2) is 8.42 Å². The van der Waals surface area contributed by atoms with Gasteiger partial charge in [-0.2, -0.15) is 4.72 Å². The van der Waals surface area contributed by atoms with Crippen molar-refractivity contribution >= 4 is 33.9 Å². The zero-order valence-corrected chi connectivity index (χ0v) is 13.6. The van der Waals surface area contributed by atoms with Crippen molar-refractivity contribution in [1.29, 1.82) is 0 Å². The SMILES string of the molecule is O=Cc1ccc(C(=O)Nc2ccc(S(=O)(=O)NCC(=O)O)cc2)cc1. The van der Waals surface area contributed by atoms with E-state index in [1.807, 2.05) is 4.72 Å². The van der Waals surface area contributed by atoms with E-state index in [2.05, 4.69) is 5.32 Å². The van der Waals surface area contributed by atoms with E-state index in [4.69, 9.17) is 5.11 Å². The van der Waals surface area contributed by atoms with E-state index >= 15 is 0 Å². The quantitative estimate of drug-likeness (QED) is 0.633. The van der Waals surface area contributed by atoms with E-state index < -0.39 is 28.4 Å². The molecule has 2 aromatic carbocycles. The van der Waals surface area contributed by atoms with E-state index in [0.29, 0.717) is 23.1 Å². The molecule has 9 heteroatoms. The molecule has 0 heterocycles. The van der Waals surface area contributed by atoms with Crippen LogP contribution in [0.25, 0.3) is 0 Å². The summed E-state index contributed by atoms with van der Waals surface area (Å²) in [6.45, 7) is -0.725. The molecule has 25 heavy (non-hydrogen) atoms. The molecule has 0 radical (unpaired) electrons. The van der Waals surface area contributed by atoms with E-state index in [1.165, 1.54) is 48.5 Å². The minimum absolute atomic E-state index is 0.123. The Balaban J connectivity index is 2.07. The maximum absolute atomic E-state index is 12.1. The fourth-order valence-electron chi connectivity index (χ4n) is 1.87. The number of sulfonamides is 1. The molecule has 2 rings (SSSR count). The normalized spacial score (nSPS) is 10.9. The van der Waals surface area contributed by atoms with Gasteiger partial charge >= 0.3 is 5.97 Å². The van der Waals surface area contributed by atoms with Crippen LogP contribution in [0.3, 0.4) is 0 Å². The molecule has 3 N–H and O–H groups in total. The Morgan fingerprint density at radius 3 is 2.12 bits per heavy atom. The average molecular weight is 362 g/mol. The number of carbonyl (C=O) groups excluding carboxylic acids is 2. The molecular weight excluding hydrogens is 348 g/mol. The summed E-state index contributed by atoms with van der Waals surface area (Å²) < 4.78 is 25.7. The number of aliphatic carboxylic acids is 1. The summed E-state index contributed by atoms with van der Waals surface area (Å²) in [4.78, 5) is 33.0. The van der Waals surface area contributed by atoms with Crippen LogP contribution < -0.4 is 10.0 Å². The number of anilines is 1. The van der Waals surface area contributed by atoms with Crippen molar-refractivity contribution in [3.05, 3.63) is 59.7 Å². The van der Waals surface area contributed by atoms with Crippen molar-refractivity contribution in [2.75, 3.05) is 11.9 Å². The predicted molar refractivity (Wildman–Crippen MR) is 89.0 cm³/mol. The Morgan fingerprint density at radius 1 is 1.00 bits per heavy atom. The summed E-state index contributed by atoms with van der Waals surface area (Å²) in [5.41, 5.74) is 1.15. The number of hydrogen-bond acceptors (Lipinski definition) is 5. The molecule has 0 aliphatic carbocycles. The molecule has 0 fully saturated rings. The lowest BCUT2D eigenvalue weighted by molar-refractivity contribution is -0.135. The van der Waals surface area contributed by atoms with Crippen LogP contribution in [0.1, 0.15) is 20.7 Å². The predicted octanol–water partition coefficient (Wildman–Crippen LogP) is 1.11. The van der Waals surface area contributed by atoms with Crippen LogP contribution in [0.4, 0.5) is 5.69 Å². The first-order chi connectivity index (χ1) is 11.8. The van der Waals surface area contributed by atoms with E-state index in [9.17, 15) is 22.8 Å². The minimum Gasteiger partial charge on any atom is -0.480 e. The number of carboxylic acids is 1. The second-order valence-electron chi connectivity index (χ2n) is 4.94. The first kappa shape index (κ1) is 18.3. The van der Waals surface area contributed by atoms with Gasteiger partial charge in [-0.1, -0.05) is 12.1 Å². The largest absolute Gasteiger partial charge is 0.480 e. The monoisotopic (exact) mass is 362 g/mol. The van der Waals surface area contributed by atoms with E-state index in [0.717, 1.165) is 0 Å². The Hall–Kier alpha value is -3.04. The average Bonchev–Trinajstić information content (AvgIpc) is 2.60. The number of benzene rings is 2. The van der Waals surface area contributed by atoms with Gasteiger partial charge in [0.25, 0.3) is 5.91 Å². The molecule has 0 saturated carbocycles. The summed E-state index contributed by atoms with van der Waals surface area (Å²) in [5, 5.41) is 11.1. The van der Waals surface area contributed by atoms with Crippen molar-refractivity contribution in [2.24, 2.45) is 0 Å². The summed E-state index contributed by atoms with van der Waals surface area (Å²) in [7, 11) is -3.94. The Bertz CT molecular complexity index is 889. The van der Waals surface area contributed by atoms with Gasteiger partial charge in [0.1, 0.15) is 12.8 Å². The summed E-state index contributed by atoms with van der Waals surface area (Å²) >= 11 is 0. The van der Waals surface area contributed by atoms with Gasteiger partial charge in [-0.15, -0.1) is 0 Å². The molecule has 0 aliphatic heterocycles. The van der Waals surface area contributed by atoms with Gasteiger partial charge in [0.15, 0.2) is 0 Å². The summed E-state index contributed by atoms with van der Waals surface area (Å²) in [6.07, 6.45) is 0.666. The molecule has 8 nitrogen and oxygen atoms in total. The van der Waals surface area contributed by atoms with Crippen LogP contribution in [0.15, 0.2) is 53.4 Å². The standard InChI is InChI=1S/C16H14N2O6S/c19-10-11-1-3-12(4-2-11)16(22)18-13-5-7-14(8-6-13)25(23,24)17-9-15(20)21/h1-8,10,17H,9H2,(H,18,22)(H,20,21). The van der Waals surface area contributed by atoms with Gasteiger partial charge in [-0.3, -0.25) is 14.4 Å². The maximum atomic E-state index is 12.1. The van der Waals surface area contributed by atoms with Gasteiger partial charge in [-0.05, 0) is 36.4 Å². The van der Waals surface area contributed by atoms with Crippen LogP contribution >= 0.6 is 0 Å². The smallest absolute Gasteiger partial charge is 0.318 e. The van der Waals surface area contributed by atoms with Gasteiger partial charge in [0.05, 0.1) is 4.90 Å². The van der Waals surface area contributed by atoms with Gasteiger partial charge < -0.3 is 10.4 Å². The molecule has 2 aromatic rings. The highest BCUT2D eigenvalue weighted by atomic mass is 32.2. The molecule has 0 aliphatic rings. The number of aldehydes is 1. The third kappa shape index (κ3) is 4.96. The number of nitrogens with one attached hydrogen (secondary N) is 2. The molecule has 0 saturated heterocycles. The molecule has 1 amide bonds. The Morgan fingerprint density at radius 2 is 1.60 bits per heavy atom. The first-order valence-electron chi connectivity index (χ1n) is 7.00. The van der Waals surface area contributed by atoms with Crippen molar-refractivity contribution in [1.82, 2.24) is 4.72 Å². The molecule has 130 valence electrons. The topological polar surface area (TPSA) is 130 Å². The van der Waals surface area contributed by atoms with E-state index in [-0.39, 0.29) is 4.90 Å². The molecule has 0 bridgehead atoms. The molecular formula is C16H14N2O6S. The van der Waals surface area contributed by atoms with Crippen molar-refractivity contribution in [3.63, 3.8) is 0 Å². The third-order valence-corrected chi connectivity index (χ3v) is 4.56. The zero-order valence-electron chi connectivity index (χ0n) is 12.8. The third-order valence-electron chi connectivity index (χ3n) is 3.14. The first-order valence-corrected chi connectivity index (χ1v) is 8.48. The lowest BCUT2D eigenvalue weighted by atomic mass is 10.1. The van der Waals surface area contributed by atoms with Crippen LogP contribution in [0.2, 0.25) is 0 Å². The highest BCUT2D eigenvalue weighted by Crippen LogP contribution is 2.15. The highest BCUT2D eigenvalue weighted by Gasteiger charge is 2.15. The lowest BCUT2D eigenvalue weighted by Gasteiger charge is -2.08. The molecule has 0 atom stereocenters. The van der Waals surface area contributed by atoms with Crippen molar-refractivity contribution in [2.45, 2.75) is 4.90 Å². The van der Waals surface area contributed by atoms with Crippen LogP contribution in [0, 0.1) is 0 Å². The number of carboxylic acid groups (broad SMARTS) is 1. The Labute approximate surface area is 143 Å². The maximum Gasteiger partial charge on any atom is 0.318 e. The minimum atomic E-state index is -3.94. The number of amides is 1.